The van der Waals surface area contributed by atoms with E-state index in [4.69, 9.17) is 0 Å². The Balaban J connectivity index is 1.17. The van der Waals surface area contributed by atoms with Crippen molar-refractivity contribution in [1.82, 2.24) is 13.7 Å². The van der Waals surface area contributed by atoms with E-state index < -0.39 is 0 Å². The Hall–Kier alpha value is -7.56. The van der Waals surface area contributed by atoms with Crippen LogP contribution in [0.4, 0.5) is 11.4 Å². The van der Waals surface area contributed by atoms with E-state index in [-0.39, 0.29) is 0 Å². The second kappa shape index (κ2) is 13.6. The minimum Gasteiger partial charge on any atom is -0.332 e. The van der Waals surface area contributed by atoms with E-state index in [0.717, 1.165) is 51.5 Å². The Morgan fingerprint density at radius 3 is 2.05 bits per heavy atom. The van der Waals surface area contributed by atoms with Gasteiger partial charge < -0.3 is 18.6 Å². The van der Waals surface area contributed by atoms with Crippen LogP contribution in [0.5, 0.6) is 0 Å². The van der Waals surface area contributed by atoms with E-state index in [1.807, 2.05) is 12.2 Å². The summed E-state index contributed by atoms with van der Waals surface area (Å²) in [6, 6.07) is 52.7. The van der Waals surface area contributed by atoms with E-state index in [2.05, 4.69) is 220 Å². The van der Waals surface area contributed by atoms with Crippen molar-refractivity contribution >= 4 is 73.2 Å². The fraction of sp³-hybridized carbons (Fsp3) is 0.0370. The number of nitrogens with zero attached hydrogens (tertiary/aromatic N) is 4. The third-order valence-electron chi connectivity index (χ3n) is 11.9. The lowest BCUT2D eigenvalue weighted by atomic mass is 10.00. The summed E-state index contributed by atoms with van der Waals surface area (Å²) in [5.74, 6) is 0. The number of anilines is 2. The number of benzene rings is 6. The van der Waals surface area contributed by atoms with Crippen molar-refractivity contribution in [2.75, 3.05) is 4.90 Å². The molecule has 3 aromatic heterocycles. The van der Waals surface area contributed by atoms with E-state index in [1.165, 1.54) is 48.7 Å². The van der Waals surface area contributed by atoms with Crippen molar-refractivity contribution < 1.29 is 0 Å². The molecule has 0 amide bonds. The highest BCUT2D eigenvalue weighted by atomic mass is 15.1. The van der Waals surface area contributed by atoms with Crippen LogP contribution in [-0.4, -0.2) is 13.7 Å². The van der Waals surface area contributed by atoms with Crippen LogP contribution < -0.4 is 15.5 Å². The minimum atomic E-state index is 0.298. The molecule has 58 heavy (non-hydrogen) atoms. The first-order chi connectivity index (χ1) is 28.7. The molecule has 4 nitrogen and oxygen atoms in total. The van der Waals surface area contributed by atoms with Crippen LogP contribution in [0, 0.1) is 0 Å². The number of fused-ring (bicyclic) bond motifs is 9. The highest BCUT2D eigenvalue weighted by molar-refractivity contribution is 6.10. The van der Waals surface area contributed by atoms with Crippen LogP contribution in [0.3, 0.4) is 0 Å². The number of hydrogen-bond donors (Lipinski definition) is 0. The Labute approximate surface area is 337 Å². The molecule has 1 aliphatic carbocycles. The van der Waals surface area contributed by atoms with Crippen molar-refractivity contribution in [3.05, 3.63) is 223 Å². The van der Waals surface area contributed by atoms with Gasteiger partial charge in [-0.2, -0.15) is 0 Å². The van der Waals surface area contributed by atoms with Crippen molar-refractivity contribution in [1.29, 1.82) is 0 Å². The molecule has 11 rings (SSSR count). The molecule has 4 heteroatoms. The van der Waals surface area contributed by atoms with Crippen LogP contribution in [-0.2, 0) is 0 Å². The maximum Gasteiger partial charge on any atom is 0.0627 e. The molecule has 0 saturated heterocycles. The summed E-state index contributed by atoms with van der Waals surface area (Å²) in [7, 11) is 0. The lowest BCUT2D eigenvalue weighted by Crippen LogP contribution is -2.26. The van der Waals surface area contributed by atoms with Crippen molar-refractivity contribution in [3.8, 4) is 11.4 Å². The molecule has 0 spiro atoms. The van der Waals surface area contributed by atoms with Gasteiger partial charge in [0.25, 0.3) is 0 Å². The fourth-order valence-electron chi connectivity index (χ4n) is 9.35. The summed E-state index contributed by atoms with van der Waals surface area (Å²) in [6.45, 7) is 8.60. The highest BCUT2D eigenvalue weighted by Gasteiger charge is 2.26. The molecule has 2 aliphatic rings. The monoisotopic (exact) mass is 744 g/mol. The van der Waals surface area contributed by atoms with Gasteiger partial charge in [-0.3, -0.25) is 0 Å². The van der Waals surface area contributed by atoms with Gasteiger partial charge in [0.15, 0.2) is 0 Å². The van der Waals surface area contributed by atoms with Gasteiger partial charge in [-0.15, -0.1) is 0 Å². The summed E-state index contributed by atoms with van der Waals surface area (Å²) in [5, 5.41) is 7.21. The maximum atomic E-state index is 4.46. The summed E-state index contributed by atoms with van der Waals surface area (Å²) < 4.78 is 7.16. The standard InChI is InChI=1S/C54H40N4/c1-3-17-45-47-34-43(29-31-53(47)58-49-25-14-11-18-37(49)33-54(45)58)56(39(4-2)32-38-36-55(40-19-7-5-8-20-40)50-26-15-12-23-44(38)50)42-28-30-52-48(35-42)46-24-13-16-27-51(46)57(52)41-21-9-6-10-22-41/h3-24,26-36,49H,1-2,25H2. The molecule has 0 fully saturated rings. The van der Waals surface area contributed by atoms with Crippen molar-refractivity contribution in [3.63, 3.8) is 0 Å². The second-order valence-corrected chi connectivity index (χ2v) is 15.1. The normalized spacial score (nSPS) is 15.2. The van der Waals surface area contributed by atoms with Gasteiger partial charge in [0.05, 0.1) is 27.9 Å². The number of hydrogen-bond acceptors (Lipinski definition) is 1. The molecule has 9 aromatic rings. The second-order valence-electron chi connectivity index (χ2n) is 15.1. The van der Waals surface area contributed by atoms with Crippen LogP contribution in [0.25, 0.3) is 73.2 Å². The zero-order valence-corrected chi connectivity index (χ0v) is 32.0. The zero-order chi connectivity index (χ0) is 38.7. The molecule has 1 aliphatic heterocycles. The third kappa shape index (κ3) is 5.23. The number of allylic oxidation sites excluding steroid dienone is 6. The zero-order valence-electron chi connectivity index (χ0n) is 32.0. The first-order valence-corrected chi connectivity index (χ1v) is 19.9. The highest BCUT2D eigenvalue weighted by Crippen LogP contribution is 2.40. The Bertz CT molecular complexity index is 3350. The number of aromatic nitrogens is 3. The molecule has 6 aromatic carbocycles. The van der Waals surface area contributed by atoms with Crippen LogP contribution in [0.15, 0.2) is 207 Å². The topological polar surface area (TPSA) is 18.0 Å². The predicted octanol–water partition coefficient (Wildman–Crippen LogP) is 12.2. The maximum absolute atomic E-state index is 4.46. The first-order valence-electron chi connectivity index (χ1n) is 19.9. The van der Waals surface area contributed by atoms with Gasteiger partial charge >= 0.3 is 0 Å². The summed E-state index contributed by atoms with van der Waals surface area (Å²) >= 11 is 0. The molecule has 0 N–H and O–H groups in total. The average Bonchev–Trinajstić information content (AvgIpc) is 4.02. The van der Waals surface area contributed by atoms with Gasteiger partial charge in [0, 0.05) is 72.5 Å². The Morgan fingerprint density at radius 2 is 1.29 bits per heavy atom. The van der Waals surface area contributed by atoms with Crippen molar-refractivity contribution in [2.24, 2.45) is 0 Å². The molecule has 0 radical (unpaired) electrons. The van der Waals surface area contributed by atoms with Gasteiger partial charge in [-0.1, -0.05) is 116 Å². The molecular formula is C54H40N4. The van der Waals surface area contributed by atoms with E-state index >= 15 is 0 Å². The van der Waals surface area contributed by atoms with Gasteiger partial charge in [-0.25, -0.2) is 0 Å². The minimum absolute atomic E-state index is 0.298. The van der Waals surface area contributed by atoms with Crippen LogP contribution in [0.2, 0.25) is 0 Å². The molecule has 276 valence electrons. The summed E-state index contributed by atoms with van der Waals surface area (Å²) in [6.07, 6.45) is 20.6. The Morgan fingerprint density at radius 1 is 0.638 bits per heavy atom. The van der Waals surface area contributed by atoms with Crippen LogP contribution >= 0.6 is 0 Å². The lowest BCUT2D eigenvalue weighted by Gasteiger charge is -2.27. The average molecular weight is 745 g/mol. The molecule has 1 unspecified atom stereocenters. The molecular weight excluding hydrogens is 705 g/mol. The summed E-state index contributed by atoms with van der Waals surface area (Å²) in [5.41, 5.74) is 12.5. The quantitative estimate of drug-likeness (QED) is 0.142. The predicted molar refractivity (Wildman–Crippen MR) is 246 cm³/mol. The lowest BCUT2D eigenvalue weighted by molar-refractivity contribution is 0.618. The Kier molecular flexibility index (Phi) is 7.90. The van der Waals surface area contributed by atoms with Gasteiger partial charge in [0.1, 0.15) is 0 Å². The van der Waals surface area contributed by atoms with Crippen molar-refractivity contribution in [2.45, 2.75) is 12.5 Å². The van der Waals surface area contributed by atoms with Gasteiger partial charge in [-0.05, 0) is 103 Å². The van der Waals surface area contributed by atoms with E-state index in [0.29, 0.717) is 6.04 Å². The molecule has 1 atom stereocenters. The van der Waals surface area contributed by atoms with E-state index in [1.54, 1.807) is 0 Å². The number of para-hydroxylation sites is 4. The smallest absolute Gasteiger partial charge is 0.0627 e. The largest absolute Gasteiger partial charge is 0.332 e. The summed E-state index contributed by atoms with van der Waals surface area (Å²) in [4.78, 5) is 2.37. The van der Waals surface area contributed by atoms with Gasteiger partial charge in [0.2, 0.25) is 0 Å². The third-order valence-corrected chi connectivity index (χ3v) is 11.9. The fourth-order valence-corrected chi connectivity index (χ4v) is 9.35. The SMILES string of the molecule is C=CC=c1c2n(c3ccc(N(C(C=C)=Cc4cn(-c5ccccc5)c5ccccc45)c4ccc5c(c4)c4ccccc4n5-c4ccccc4)cc13)C1CC=CC=C1C=2. The van der Waals surface area contributed by atoms with E-state index in [9.17, 15) is 0 Å². The molecule has 0 bridgehead atoms. The molecule has 4 heterocycles. The molecule has 0 saturated carbocycles. The first kappa shape index (κ1) is 33.8. The van der Waals surface area contributed by atoms with Crippen LogP contribution in [0.1, 0.15) is 18.0 Å². The number of rotatable bonds is 8.